The smallest absolute Gasteiger partial charge is 0.264 e. The summed E-state index contributed by atoms with van der Waals surface area (Å²) in [6, 6.07) is 20.6. The summed E-state index contributed by atoms with van der Waals surface area (Å²) in [4.78, 5) is 27.9. The number of carbonyl (C=O) groups excluding carboxylic acids is 2. The Bertz CT molecular complexity index is 1310. The van der Waals surface area contributed by atoms with Crippen molar-refractivity contribution in [3.05, 3.63) is 84.4 Å². The predicted molar refractivity (Wildman–Crippen MR) is 146 cm³/mol. The Balaban J connectivity index is 1.99. The maximum atomic E-state index is 13.8. The molecule has 9 nitrogen and oxygen atoms in total. The standard InChI is InChI=1S/C28H33N3O6S/c1-5-29-28(33)21(2)30(19-22-11-13-24(36-3)14-12-22)27(32)20-31(23-9-7-6-8-10-23)38(34,35)26-17-15-25(37-4)16-18-26/h6-18,21H,5,19-20H2,1-4H3,(H,29,33)/t21-/m0/s1. The third kappa shape index (κ3) is 6.83. The van der Waals surface area contributed by atoms with E-state index in [4.69, 9.17) is 9.47 Å². The summed E-state index contributed by atoms with van der Waals surface area (Å²) >= 11 is 0. The van der Waals surface area contributed by atoms with Crippen LogP contribution in [0, 0.1) is 0 Å². The van der Waals surface area contributed by atoms with Crippen LogP contribution in [-0.2, 0) is 26.2 Å². The zero-order valence-corrected chi connectivity index (χ0v) is 22.8. The molecule has 0 aliphatic carbocycles. The molecular weight excluding hydrogens is 506 g/mol. The first kappa shape index (κ1) is 28.5. The Hall–Kier alpha value is -4.05. The molecule has 10 heteroatoms. The highest BCUT2D eigenvalue weighted by molar-refractivity contribution is 7.92. The summed E-state index contributed by atoms with van der Waals surface area (Å²) in [5.41, 5.74) is 1.09. The molecule has 0 fully saturated rings. The number of methoxy groups -OCH3 is 2. The number of carbonyl (C=O) groups is 2. The van der Waals surface area contributed by atoms with Gasteiger partial charge in [0.05, 0.1) is 24.8 Å². The highest BCUT2D eigenvalue weighted by Crippen LogP contribution is 2.26. The van der Waals surface area contributed by atoms with Gasteiger partial charge in [0.15, 0.2) is 0 Å². The molecule has 0 aliphatic heterocycles. The first-order valence-corrected chi connectivity index (χ1v) is 13.6. The van der Waals surface area contributed by atoms with Crippen LogP contribution in [0.1, 0.15) is 19.4 Å². The summed E-state index contributed by atoms with van der Waals surface area (Å²) in [6.07, 6.45) is 0. The van der Waals surface area contributed by atoms with Crippen molar-refractivity contribution >= 4 is 27.5 Å². The maximum absolute atomic E-state index is 13.8. The third-order valence-corrected chi connectivity index (χ3v) is 7.79. The molecular formula is C28H33N3O6S. The number of nitrogens with zero attached hydrogens (tertiary/aromatic N) is 2. The van der Waals surface area contributed by atoms with Gasteiger partial charge in [-0.3, -0.25) is 13.9 Å². The molecule has 1 atom stereocenters. The van der Waals surface area contributed by atoms with Gasteiger partial charge in [-0.05, 0) is 67.9 Å². The van der Waals surface area contributed by atoms with E-state index in [0.29, 0.717) is 23.7 Å². The van der Waals surface area contributed by atoms with Crippen LogP contribution in [0.25, 0.3) is 0 Å². The van der Waals surface area contributed by atoms with Crippen LogP contribution in [0.15, 0.2) is 83.8 Å². The van der Waals surface area contributed by atoms with Crippen LogP contribution in [0.3, 0.4) is 0 Å². The average Bonchev–Trinajstić information content (AvgIpc) is 2.95. The molecule has 0 unspecified atom stereocenters. The predicted octanol–water partition coefficient (Wildman–Crippen LogP) is 3.45. The molecule has 3 aromatic rings. The monoisotopic (exact) mass is 539 g/mol. The molecule has 0 saturated carbocycles. The molecule has 0 spiro atoms. The van der Waals surface area contributed by atoms with Gasteiger partial charge < -0.3 is 19.7 Å². The minimum atomic E-state index is -4.13. The van der Waals surface area contributed by atoms with Crippen molar-refractivity contribution in [3.63, 3.8) is 0 Å². The fourth-order valence-corrected chi connectivity index (χ4v) is 5.24. The summed E-state index contributed by atoms with van der Waals surface area (Å²) in [7, 11) is -1.08. The normalized spacial score (nSPS) is 11.8. The Kier molecular flexibility index (Phi) is 9.72. The summed E-state index contributed by atoms with van der Waals surface area (Å²) in [5, 5.41) is 2.74. The first-order chi connectivity index (χ1) is 18.2. The number of amides is 2. The second-order valence-electron chi connectivity index (χ2n) is 8.46. The zero-order chi connectivity index (χ0) is 27.7. The molecule has 1 N–H and O–H groups in total. The number of sulfonamides is 1. The largest absolute Gasteiger partial charge is 0.497 e. The van der Waals surface area contributed by atoms with Gasteiger partial charge in [-0.15, -0.1) is 0 Å². The number of hydrogen-bond donors (Lipinski definition) is 1. The zero-order valence-electron chi connectivity index (χ0n) is 22.0. The highest BCUT2D eigenvalue weighted by atomic mass is 32.2. The molecule has 3 rings (SSSR count). The van der Waals surface area contributed by atoms with Gasteiger partial charge in [-0.25, -0.2) is 8.42 Å². The van der Waals surface area contributed by atoms with Gasteiger partial charge in [-0.1, -0.05) is 30.3 Å². The van der Waals surface area contributed by atoms with E-state index in [9.17, 15) is 18.0 Å². The minimum Gasteiger partial charge on any atom is -0.497 e. The van der Waals surface area contributed by atoms with Gasteiger partial charge in [0.25, 0.3) is 10.0 Å². The highest BCUT2D eigenvalue weighted by Gasteiger charge is 2.32. The molecule has 0 bridgehead atoms. The van der Waals surface area contributed by atoms with Gasteiger partial charge in [0.2, 0.25) is 11.8 Å². The fraction of sp³-hybridized carbons (Fsp3) is 0.286. The summed E-state index contributed by atoms with van der Waals surface area (Å²) in [6.45, 7) is 3.41. The van der Waals surface area contributed by atoms with Crippen molar-refractivity contribution in [2.24, 2.45) is 0 Å². The van der Waals surface area contributed by atoms with Crippen LogP contribution in [0.5, 0.6) is 11.5 Å². The van der Waals surface area contributed by atoms with Crippen molar-refractivity contribution in [3.8, 4) is 11.5 Å². The number of likely N-dealkylation sites (N-methyl/N-ethyl adjacent to an activating group) is 1. The summed E-state index contributed by atoms with van der Waals surface area (Å²) in [5.74, 6) is 0.302. The number of para-hydroxylation sites is 1. The molecule has 0 aromatic heterocycles. The van der Waals surface area contributed by atoms with Gasteiger partial charge in [-0.2, -0.15) is 0 Å². The number of benzene rings is 3. The molecule has 0 saturated heterocycles. The van der Waals surface area contributed by atoms with E-state index in [1.807, 2.05) is 0 Å². The molecule has 0 heterocycles. The Morgan fingerprint density at radius 3 is 1.95 bits per heavy atom. The molecule has 38 heavy (non-hydrogen) atoms. The average molecular weight is 540 g/mol. The van der Waals surface area contributed by atoms with Crippen LogP contribution in [0.4, 0.5) is 5.69 Å². The minimum absolute atomic E-state index is 0.00781. The number of nitrogens with one attached hydrogen (secondary N) is 1. The van der Waals surface area contributed by atoms with Crippen molar-refractivity contribution in [1.29, 1.82) is 0 Å². The van der Waals surface area contributed by atoms with Gasteiger partial charge in [0.1, 0.15) is 24.1 Å². The van der Waals surface area contributed by atoms with Crippen molar-refractivity contribution in [2.75, 3.05) is 31.6 Å². The van der Waals surface area contributed by atoms with E-state index < -0.39 is 28.5 Å². The number of anilines is 1. The first-order valence-electron chi connectivity index (χ1n) is 12.1. The van der Waals surface area contributed by atoms with Crippen LogP contribution in [0.2, 0.25) is 0 Å². The maximum Gasteiger partial charge on any atom is 0.264 e. The number of ether oxygens (including phenoxy) is 2. The lowest BCUT2D eigenvalue weighted by atomic mass is 10.1. The quantitative estimate of drug-likeness (QED) is 0.378. The van der Waals surface area contributed by atoms with E-state index in [0.717, 1.165) is 9.87 Å². The summed E-state index contributed by atoms with van der Waals surface area (Å²) < 4.78 is 38.9. The van der Waals surface area contributed by atoms with E-state index in [1.54, 1.807) is 87.7 Å². The lowest BCUT2D eigenvalue weighted by Crippen LogP contribution is -2.51. The van der Waals surface area contributed by atoms with Crippen LogP contribution >= 0.6 is 0 Å². The second-order valence-corrected chi connectivity index (χ2v) is 10.3. The van der Waals surface area contributed by atoms with Gasteiger partial charge in [0, 0.05) is 13.1 Å². The van der Waals surface area contributed by atoms with E-state index in [-0.39, 0.29) is 17.3 Å². The molecule has 2 amide bonds. The van der Waals surface area contributed by atoms with E-state index >= 15 is 0 Å². The lowest BCUT2D eigenvalue weighted by Gasteiger charge is -2.32. The number of hydrogen-bond acceptors (Lipinski definition) is 6. The molecule has 0 aliphatic rings. The Labute approximate surface area is 224 Å². The van der Waals surface area contributed by atoms with E-state index in [2.05, 4.69) is 5.32 Å². The van der Waals surface area contributed by atoms with Crippen LogP contribution < -0.4 is 19.1 Å². The van der Waals surface area contributed by atoms with Crippen molar-refractivity contribution in [1.82, 2.24) is 10.2 Å². The van der Waals surface area contributed by atoms with Crippen molar-refractivity contribution in [2.45, 2.75) is 31.3 Å². The lowest BCUT2D eigenvalue weighted by molar-refractivity contribution is -0.139. The SMILES string of the molecule is CCNC(=O)[C@H](C)N(Cc1ccc(OC)cc1)C(=O)CN(c1ccccc1)S(=O)(=O)c1ccc(OC)cc1. The second kappa shape index (κ2) is 13.0. The van der Waals surface area contributed by atoms with Gasteiger partial charge >= 0.3 is 0 Å². The Morgan fingerprint density at radius 1 is 0.868 bits per heavy atom. The molecule has 0 radical (unpaired) electrons. The Morgan fingerprint density at radius 2 is 1.42 bits per heavy atom. The fourth-order valence-electron chi connectivity index (χ4n) is 3.83. The molecule has 3 aromatic carbocycles. The molecule has 202 valence electrons. The topological polar surface area (TPSA) is 105 Å². The third-order valence-electron chi connectivity index (χ3n) is 6.00. The van der Waals surface area contributed by atoms with Crippen LogP contribution in [-0.4, -0.2) is 58.5 Å². The number of rotatable bonds is 12. The van der Waals surface area contributed by atoms with Crippen molar-refractivity contribution < 1.29 is 27.5 Å². The van der Waals surface area contributed by atoms with E-state index in [1.165, 1.54) is 24.1 Å².